The third-order valence-corrected chi connectivity index (χ3v) is 2.03. The highest BCUT2D eigenvalue weighted by Gasteiger charge is 2.07. The first-order valence-electron chi connectivity index (χ1n) is 6.10. The number of carboxylic acid groups (broad SMARTS) is 1. The molecular weight excluding hydrogens is 266 g/mol. The molecule has 1 amide bonds. The number of aliphatic carboxylic acids is 1. The summed E-state index contributed by atoms with van der Waals surface area (Å²) in [7, 11) is 3.88. The van der Waals surface area contributed by atoms with Crippen molar-refractivity contribution in [2.24, 2.45) is 11.5 Å². The Morgan fingerprint density at radius 1 is 1.35 bits per heavy atom. The number of carbonyl (C=O) groups is 3. The number of nitrogens with two attached hydrogens (primary N) is 2. The highest BCUT2D eigenvalue weighted by atomic mass is 16.4. The normalized spacial score (nSPS) is 9.85. The van der Waals surface area contributed by atoms with E-state index in [4.69, 9.17) is 15.6 Å². The monoisotopic (exact) mass is 297 g/mol. The largest absolute Gasteiger partial charge is 0.481 e. The summed E-state index contributed by atoms with van der Waals surface area (Å²) >= 11 is 0. The van der Waals surface area contributed by atoms with E-state index in [2.05, 4.69) is 12.7 Å². The minimum absolute atomic E-state index is 0. The van der Waals surface area contributed by atoms with Crippen LogP contribution in [0.5, 0.6) is 0 Å². The summed E-state index contributed by atoms with van der Waals surface area (Å²) in [4.78, 5) is 30.5. The summed E-state index contributed by atoms with van der Waals surface area (Å²) < 4.78 is 0. The second-order valence-electron chi connectivity index (χ2n) is 3.88. The van der Waals surface area contributed by atoms with E-state index in [0.29, 0.717) is 0 Å². The Kier molecular flexibility index (Phi) is 30.6. The number of nitrogens with zero attached hydrogens (tertiary/aromatic N) is 1. The molecule has 0 aromatic rings. The lowest BCUT2D eigenvalue weighted by atomic mass is 10.1. The zero-order valence-electron chi connectivity index (χ0n) is 12.0. The molecule has 0 aromatic carbocycles. The highest BCUT2D eigenvalue weighted by molar-refractivity contribution is 5.66. The molecule has 0 saturated carbocycles. The number of carbonyl (C=O) groups excluding carboxylic acids is 2. The van der Waals surface area contributed by atoms with Crippen molar-refractivity contribution < 1.29 is 19.5 Å². The van der Waals surface area contributed by atoms with Crippen LogP contribution >= 0.6 is 0 Å². The summed E-state index contributed by atoms with van der Waals surface area (Å²) in [6.07, 6.45) is 4.64. The van der Waals surface area contributed by atoms with Crippen LogP contribution in [0.4, 0.5) is 0 Å². The Morgan fingerprint density at radius 2 is 1.80 bits per heavy atom. The number of likely N-dealkylation sites (N-methyl/N-ethyl adjacent to an activating group) is 1. The summed E-state index contributed by atoms with van der Waals surface area (Å²) in [5.74, 6) is -0.836. The maximum Gasteiger partial charge on any atom is 0.304 e. The maximum atomic E-state index is 10.4. The van der Waals surface area contributed by atoms with Gasteiger partial charge in [0, 0.05) is 6.54 Å². The van der Waals surface area contributed by atoms with Gasteiger partial charge in [0.15, 0.2) is 0 Å². The first kappa shape index (κ1) is 27.0. The number of aldehydes is 1. The van der Waals surface area contributed by atoms with Crippen molar-refractivity contribution >= 4 is 18.7 Å². The molecule has 0 radical (unpaired) electrons. The number of primary amides is 1. The van der Waals surface area contributed by atoms with Gasteiger partial charge in [0.2, 0.25) is 6.41 Å². The zero-order chi connectivity index (χ0) is 15.7. The van der Waals surface area contributed by atoms with Gasteiger partial charge in [-0.05, 0) is 20.5 Å². The van der Waals surface area contributed by atoms with Gasteiger partial charge in [-0.2, -0.15) is 0 Å². The van der Waals surface area contributed by atoms with E-state index >= 15 is 0 Å². The molecule has 7 nitrogen and oxygen atoms in total. The molecule has 0 spiro atoms. The van der Waals surface area contributed by atoms with Crippen LogP contribution in [0.15, 0.2) is 0 Å². The van der Waals surface area contributed by atoms with Crippen molar-refractivity contribution in [3.05, 3.63) is 0 Å². The predicted octanol–water partition coefficient (Wildman–Crippen LogP) is 0.463. The number of carboxylic acids is 1. The van der Waals surface area contributed by atoms with Crippen molar-refractivity contribution in [2.75, 3.05) is 20.6 Å². The Balaban J connectivity index is -0.000000110. The van der Waals surface area contributed by atoms with E-state index < -0.39 is 5.97 Å². The number of rotatable bonds is 7. The summed E-state index contributed by atoms with van der Waals surface area (Å²) in [5, 5.41) is 7.83. The van der Waals surface area contributed by atoms with E-state index in [1.54, 1.807) is 0 Å². The quantitative estimate of drug-likeness (QED) is 0.356. The highest BCUT2D eigenvalue weighted by Crippen LogP contribution is 2.02. The first-order valence-corrected chi connectivity index (χ1v) is 6.10. The van der Waals surface area contributed by atoms with Crippen LogP contribution in [-0.4, -0.2) is 55.4 Å². The molecular formula is C13H31N3O4. The standard InChI is InChI=1S/C8H17NO.C3H7NO2.CH3NO.CH4/c1-4-5-6-8(7-10)9(2)3;4-2-1-3(5)6;2-1-3;/h7-8H,4-6H2,1-3H3;1-2,4H2,(H,5,6);1H,(H2,2,3);1H4/i1+1;4+1;2*1+1. The van der Waals surface area contributed by atoms with Gasteiger partial charge in [-0.1, -0.05) is 27.2 Å². The van der Waals surface area contributed by atoms with E-state index in [9.17, 15) is 9.59 Å². The molecule has 0 bridgehead atoms. The van der Waals surface area contributed by atoms with Crippen LogP contribution in [0.25, 0.3) is 0 Å². The minimum Gasteiger partial charge on any atom is -0.481 e. The second kappa shape index (κ2) is 22.7. The Morgan fingerprint density at radius 3 is 1.95 bits per heavy atom. The molecule has 0 fully saturated rings. The lowest BCUT2D eigenvalue weighted by Gasteiger charge is -2.17. The molecule has 7 heteroatoms. The zero-order valence-corrected chi connectivity index (χ0v) is 12.0. The third-order valence-electron chi connectivity index (χ3n) is 2.03. The van der Waals surface area contributed by atoms with Gasteiger partial charge in [0.25, 0.3) is 0 Å². The summed E-state index contributed by atoms with van der Waals surface area (Å²) in [5.41, 5.74) is 9.02. The van der Waals surface area contributed by atoms with Crippen molar-refractivity contribution in [3.8, 4) is 0 Å². The SMILES string of the molecule is CN(C)C(C=O)CCC[13CH3].N[13CH]=O.[13CH4].[15NH2]CCC(=O)O. The van der Waals surface area contributed by atoms with Crippen molar-refractivity contribution in [1.82, 2.24) is 4.90 Å². The Hall–Kier alpha value is -1.47. The minimum atomic E-state index is -0.836. The first-order chi connectivity index (χ1) is 8.90. The van der Waals surface area contributed by atoms with Crippen LogP contribution in [0, 0.1) is 0 Å². The number of hydrogen-bond acceptors (Lipinski definition) is 5. The lowest BCUT2D eigenvalue weighted by molar-refractivity contribution is -0.136. The van der Waals surface area contributed by atoms with E-state index in [0.717, 1.165) is 25.5 Å². The van der Waals surface area contributed by atoms with Crippen LogP contribution < -0.4 is 11.5 Å². The third kappa shape index (κ3) is 30.0. The Labute approximate surface area is 122 Å². The molecule has 20 heavy (non-hydrogen) atoms. The molecule has 5 N–H and O–H groups in total. The topological polar surface area (TPSA) is 127 Å². The molecule has 0 aliphatic rings. The van der Waals surface area contributed by atoms with Crippen LogP contribution in [0.3, 0.4) is 0 Å². The number of hydrogen-bond donors (Lipinski definition) is 3. The fourth-order valence-electron chi connectivity index (χ4n) is 0.985. The van der Waals surface area contributed by atoms with Gasteiger partial charge in [0.05, 0.1) is 12.5 Å². The van der Waals surface area contributed by atoms with E-state index in [-0.39, 0.29) is 32.8 Å². The number of amides is 1. The van der Waals surface area contributed by atoms with Gasteiger partial charge in [-0.25, -0.2) is 0 Å². The molecule has 1 unspecified atom stereocenters. The van der Waals surface area contributed by atoms with Crippen molar-refractivity contribution in [3.63, 3.8) is 0 Å². The molecule has 122 valence electrons. The molecule has 0 aliphatic carbocycles. The second-order valence-corrected chi connectivity index (χ2v) is 3.88. The fourth-order valence-corrected chi connectivity index (χ4v) is 0.985. The molecule has 0 aromatic heterocycles. The van der Waals surface area contributed by atoms with Crippen LogP contribution in [0.2, 0.25) is 0 Å². The van der Waals surface area contributed by atoms with Crippen molar-refractivity contribution in [2.45, 2.75) is 46.1 Å². The Bertz CT molecular complexity index is 224. The lowest BCUT2D eigenvalue weighted by Crippen LogP contribution is -2.28. The molecule has 0 saturated heterocycles. The molecule has 1 atom stereocenters. The molecule has 0 aliphatic heterocycles. The van der Waals surface area contributed by atoms with Gasteiger partial charge in [-0.3, -0.25) is 9.59 Å². The number of unbranched alkanes of at least 4 members (excludes halogenated alkanes) is 1. The fraction of sp³-hybridized carbons (Fsp3) is 0.769. The molecule has 0 heterocycles. The predicted molar refractivity (Wildman–Crippen MR) is 81.4 cm³/mol. The average Bonchev–Trinajstić information content (AvgIpc) is 2.31. The molecule has 0 rings (SSSR count). The van der Waals surface area contributed by atoms with Gasteiger partial charge >= 0.3 is 5.97 Å². The van der Waals surface area contributed by atoms with Gasteiger partial charge in [0.1, 0.15) is 6.29 Å². The smallest absolute Gasteiger partial charge is 0.304 e. The average molecular weight is 297 g/mol. The van der Waals surface area contributed by atoms with Crippen LogP contribution in [0.1, 0.15) is 40.0 Å². The van der Waals surface area contributed by atoms with Crippen LogP contribution in [-0.2, 0) is 14.4 Å². The van der Waals surface area contributed by atoms with E-state index in [1.807, 2.05) is 19.0 Å². The summed E-state index contributed by atoms with van der Waals surface area (Å²) in [6.45, 7) is 2.37. The summed E-state index contributed by atoms with van der Waals surface area (Å²) in [6, 6.07) is 0.125. The van der Waals surface area contributed by atoms with Gasteiger partial charge in [-0.15, -0.1) is 0 Å². The maximum absolute atomic E-state index is 10.4. The van der Waals surface area contributed by atoms with E-state index in [1.165, 1.54) is 0 Å². The van der Waals surface area contributed by atoms with Gasteiger partial charge < -0.3 is 26.3 Å². The van der Waals surface area contributed by atoms with Crippen molar-refractivity contribution in [1.29, 1.82) is 0 Å².